The van der Waals surface area contributed by atoms with Crippen LogP contribution in [0.4, 0.5) is 11.5 Å². The van der Waals surface area contributed by atoms with Gasteiger partial charge in [0, 0.05) is 6.20 Å². The molecular weight excluding hydrogens is 268 g/mol. The van der Waals surface area contributed by atoms with Gasteiger partial charge in [-0.3, -0.25) is 0 Å². The quantitative estimate of drug-likeness (QED) is 0.768. The Morgan fingerprint density at radius 2 is 1.90 bits per heavy atom. The summed E-state index contributed by atoms with van der Waals surface area (Å²) < 4.78 is 1.74. The monoisotopic (exact) mass is 280 g/mol. The first kappa shape index (κ1) is 12.9. The average molecular weight is 280 g/mol. The van der Waals surface area contributed by atoms with Crippen LogP contribution in [0.3, 0.4) is 0 Å². The highest BCUT2D eigenvalue weighted by molar-refractivity contribution is 5.87. The molecule has 6 heteroatoms. The third-order valence-corrected chi connectivity index (χ3v) is 2.89. The third kappa shape index (κ3) is 2.89. The Bertz CT molecular complexity index is 751. The van der Waals surface area contributed by atoms with Crippen LogP contribution >= 0.6 is 0 Å². The van der Waals surface area contributed by atoms with Crippen LogP contribution in [0.2, 0.25) is 0 Å². The number of carboxylic acid groups (broad SMARTS) is 1. The Balaban J connectivity index is 1.77. The standard InChI is InChI=1S/C15H12N4O2/c20-15(21)11-6-7-14(16-8-11)18-12-9-17-19(10-12)13-4-2-1-3-5-13/h1-10H,(H,16,18)(H,20,21). The summed E-state index contributed by atoms with van der Waals surface area (Å²) in [6, 6.07) is 12.8. The summed E-state index contributed by atoms with van der Waals surface area (Å²) in [6.07, 6.45) is 4.83. The maximum Gasteiger partial charge on any atom is 0.337 e. The van der Waals surface area contributed by atoms with Crippen molar-refractivity contribution in [1.82, 2.24) is 14.8 Å². The minimum Gasteiger partial charge on any atom is -0.478 e. The van der Waals surface area contributed by atoms with Gasteiger partial charge < -0.3 is 10.4 Å². The van der Waals surface area contributed by atoms with Crippen molar-refractivity contribution in [2.45, 2.75) is 0 Å². The number of carboxylic acids is 1. The van der Waals surface area contributed by atoms with Crippen LogP contribution in [0.5, 0.6) is 0 Å². The molecule has 1 aromatic carbocycles. The van der Waals surface area contributed by atoms with Crippen LogP contribution in [0, 0.1) is 0 Å². The molecular formula is C15H12N4O2. The molecule has 0 atom stereocenters. The first-order valence-corrected chi connectivity index (χ1v) is 6.29. The van der Waals surface area contributed by atoms with Gasteiger partial charge in [0.15, 0.2) is 0 Å². The largest absolute Gasteiger partial charge is 0.478 e. The molecule has 21 heavy (non-hydrogen) atoms. The van der Waals surface area contributed by atoms with Gasteiger partial charge in [0.1, 0.15) is 5.82 Å². The number of anilines is 2. The molecule has 2 N–H and O–H groups in total. The van der Waals surface area contributed by atoms with Gasteiger partial charge in [-0.1, -0.05) is 18.2 Å². The van der Waals surface area contributed by atoms with E-state index in [0.29, 0.717) is 5.82 Å². The highest BCUT2D eigenvalue weighted by Crippen LogP contribution is 2.16. The van der Waals surface area contributed by atoms with E-state index in [1.165, 1.54) is 12.3 Å². The van der Waals surface area contributed by atoms with Crippen molar-refractivity contribution in [1.29, 1.82) is 0 Å². The topological polar surface area (TPSA) is 80.0 Å². The Morgan fingerprint density at radius 3 is 2.57 bits per heavy atom. The number of hydrogen-bond acceptors (Lipinski definition) is 4. The first-order valence-electron chi connectivity index (χ1n) is 6.29. The number of carbonyl (C=O) groups is 1. The van der Waals surface area contributed by atoms with Gasteiger partial charge in [0.25, 0.3) is 0 Å². The highest BCUT2D eigenvalue weighted by Gasteiger charge is 2.04. The second-order valence-corrected chi connectivity index (χ2v) is 4.37. The van der Waals surface area contributed by atoms with E-state index in [-0.39, 0.29) is 5.56 Å². The number of benzene rings is 1. The molecule has 3 rings (SSSR count). The first-order chi connectivity index (χ1) is 10.2. The lowest BCUT2D eigenvalue weighted by Gasteiger charge is -2.02. The van der Waals surface area contributed by atoms with Crippen LogP contribution in [-0.2, 0) is 0 Å². The lowest BCUT2D eigenvalue weighted by molar-refractivity contribution is 0.0696. The molecule has 0 amide bonds. The summed E-state index contributed by atoms with van der Waals surface area (Å²) in [5.74, 6) is -0.432. The molecule has 0 radical (unpaired) electrons. The van der Waals surface area contributed by atoms with E-state index in [9.17, 15) is 4.79 Å². The molecule has 2 heterocycles. The number of aromatic nitrogens is 3. The number of para-hydroxylation sites is 1. The van der Waals surface area contributed by atoms with Crippen molar-refractivity contribution >= 4 is 17.5 Å². The lowest BCUT2D eigenvalue weighted by Crippen LogP contribution is -1.99. The van der Waals surface area contributed by atoms with Crippen LogP contribution in [0.15, 0.2) is 61.1 Å². The van der Waals surface area contributed by atoms with Gasteiger partial charge in [0.2, 0.25) is 0 Å². The van der Waals surface area contributed by atoms with Crippen LogP contribution < -0.4 is 5.32 Å². The highest BCUT2D eigenvalue weighted by atomic mass is 16.4. The second-order valence-electron chi connectivity index (χ2n) is 4.37. The Hall–Kier alpha value is -3.15. The van der Waals surface area contributed by atoms with Crippen LogP contribution in [0.1, 0.15) is 10.4 Å². The van der Waals surface area contributed by atoms with E-state index in [4.69, 9.17) is 5.11 Å². The van der Waals surface area contributed by atoms with E-state index in [0.717, 1.165) is 11.4 Å². The predicted octanol–water partition coefficient (Wildman–Crippen LogP) is 2.71. The lowest BCUT2D eigenvalue weighted by atomic mass is 10.3. The molecule has 0 saturated heterocycles. The molecule has 0 fully saturated rings. The maximum absolute atomic E-state index is 10.8. The van der Waals surface area contributed by atoms with Crippen molar-refractivity contribution in [3.05, 3.63) is 66.6 Å². The fraction of sp³-hybridized carbons (Fsp3) is 0. The van der Waals surface area contributed by atoms with Gasteiger partial charge in [-0.25, -0.2) is 14.5 Å². The molecule has 2 aromatic heterocycles. The molecule has 6 nitrogen and oxygen atoms in total. The van der Waals surface area contributed by atoms with Crippen LogP contribution in [-0.4, -0.2) is 25.8 Å². The predicted molar refractivity (Wildman–Crippen MR) is 78.0 cm³/mol. The zero-order valence-electron chi connectivity index (χ0n) is 11.0. The number of nitrogens with one attached hydrogen (secondary N) is 1. The molecule has 104 valence electrons. The summed E-state index contributed by atoms with van der Waals surface area (Å²) in [4.78, 5) is 14.8. The summed E-state index contributed by atoms with van der Waals surface area (Å²) in [5.41, 5.74) is 1.88. The molecule has 0 unspecified atom stereocenters. The summed E-state index contributed by atoms with van der Waals surface area (Å²) in [5, 5.41) is 16.2. The molecule has 0 aliphatic carbocycles. The number of pyridine rings is 1. The van der Waals surface area contributed by atoms with E-state index in [1.807, 2.05) is 36.5 Å². The van der Waals surface area contributed by atoms with Crippen molar-refractivity contribution in [2.75, 3.05) is 5.32 Å². The Kier molecular flexibility index (Phi) is 3.34. The average Bonchev–Trinajstić information content (AvgIpc) is 2.97. The van der Waals surface area contributed by atoms with Crippen molar-refractivity contribution in [3.8, 4) is 5.69 Å². The van der Waals surface area contributed by atoms with E-state index < -0.39 is 5.97 Å². The van der Waals surface area contributed by atoms with Crippen molar-refractivity contribution in [2.24, 2.45) is 0 Å². The fourth-order valence-electron chi connectivity index (χ4n) is 1.85. The number of hydrogen-bond donors (Lipinski definition) is 2. The number of aromatic carboxylic acids is 1. The zero-order chi connectivity index (χ0) is 14.7. The van der Waals surface area contributed by atoms with Gasteiger partial charge in [-0.05, 0) is 24.3 Å². The van der Waals surface area contributed by atoms with Crippen molar-refractivity contribution in [3.63, 3.8) is 0 Å². The Morgan fingerprint density at radius 1 is 1.10 bits per heavy atom. The van der Waals surface area contributed by atoms with E-state index in [1.54, 1.807) is 16.9 Å². The minimum absolute atomic E-state index is 0.153. The van der Waals surface area contributed by atoms with Crippen LogP contribution in [0.25, 0.3) is 5.69 Å². The van der Waals surface area contributed by atoms with Crippen molar-refractivity contribution < 1.29 is 9.90 Å². The third-order valence-electron chi connectivity index (χ3n) is 2.89. The fourth-order valence-corrected chi connectivity index (χ4v) is 1.85. The van der Waals surface area contributed by atoms with Gasteiger partial charge >= 0.3 is 5.97 Å². The molecule has 0 saturated carbocycles. The second kappa shape index (κ2) is 5.46. The van der Waals surface area contributed by atoms with Gasteiger partial charge in [0.05, 0.1) is 29.3 Å². The molecule has 0 aliphatic rings. The van der Waals surface area contributed by atoms with Gasteiger partial charge in [-0.2, -0.15) is 5.10 Å². The normalized spacial score (nSPS) is 10.3. The number of nitrogens with zero attached hydrogens (tertiary/aromatic N) is 3. The zero-order valence-corrected chi connectivity index (χ0v) is 11.0. The maximum atomic E-state index is 10.8. The Labute approximate surface area is 120 Å². The smallest absolute Gasteiger partial charge is 0.337 e. The number of rotatable bonds is 4. The summed E-state index contributed by atoms with van der Waals surface area (Å²) in [7, 11) is 0. The molecule has 3 aromatic rings. The van der Waals surface area contributed by atoms with Gasteiger partial charge in [-0.15, -0.1) is 0 Å². The summed E-state index contributed by atoms with van der Waals surface area (Å²) >= 11 is 0. The molecule has 0 aliphatic heterocycles. The van der Waals surface area contributed by atoms with E-state index >= 15 is 0 Å². The minimum atomic E-state index is -0.994. The molecule has 0 spiro atoms. The molecule has 0 bridgehead atoms. The van der Waals surface area contributed by atoms with E-state index in [2.05, 4.69) is 15.4 Å². The SMILES string of the molecule is O=C(O)c1ccc(Nc2cnn(-c3ccccc3)c2)nc1. The summed E-state index contributed by atoms with van der Waals surface area (Å²) in [6.45, 7) is 0.